The van der Waals surface area contributed by atoms with Crippen molar-refractivity contribution in [2.24, 2.45) is 7.05 Å². The van der Waals surface area contributed by atoms with Gasteiger partial charge in [-0.05, 0) is 18.4 Å². The van der Waals surface area contributed by atoms with Gasteiger partial charge in [0.05, 0.1) is 12.0 Å². The van der Waals surface area contributed by atoms with Crippen LogP contribution in [0.3, 0.4) is 0 Å². The van der Waals surface area contributed by atoms with Gasteiger partial charge >= 0.3 is 0 Å². The van der Waals surface area contributed by atoms with Crippen LogP contribution in [0.25, 0.3) is 0 Å². The van der Waals surface area contributed by atoms with Crippen LogP contribution < -0.4 is 0 Å². The minimum absolute atomic E-state index is 0.860. The smallest absolute Gasteiger partial charge is 0.0951 e. The largest absolute Gasteiger partial charge is 0.330 e. The highest BCUT2D eigenvalue weighted by Crippen LogP contribution is 2.20. The van der Waals surface area contributed by atoms with Crippen LogP contribution in [0.2, 0.25) is 0 Å². The van der Waals surface area contributed by atoms with E-state index in [0.29, 0.717) is 0 Å². The average molecular weight is 308 g/mol. The molecule has 0 spiro atoms. The third-order valence-electron chi connectivity index (χ3n) is 4.38. The standard InChI is InChI=1S/C19H24N4/c1-4-18-17(19(5-2)22(3)21-18)11-16-12-20-14-23(16)13-15-9-7-6-8-10-15/h6-10,12,14H,4-5,11,13H2,1-3H3. The predicted octanol–water partition coefficient (Wildman–Crippen LogP) is 3.38. The molecule has 120 valence electrons. The SMILES string of the molecule is CCc1nn(C)c(CC)c1Cc1cncn1Cc1ccccc1. The van der Waals surface area contributed by atoms with Crippen molar-refractivity contribution in [2.45, 2.75) is 39.7 Å². The van der Waals surface area contributed by atoms with Crippen LogP contribution >= 0.6 is 0 Å². The van der Waals surface area contributed by atoms with E-state index in [9.17, 15) is 0 Å². The maximum Gasteiger partial charge on any atom is 0.0951 e. The Labute approximate surface area is 137 Å². The highest BCUT2D eigenvalue weighted by molar-refractivity contribution is 5.31. The number of hydrogen-bond donors (Lipinski definition) is 0. The van der Waals surface area contributed by atoms with Crippen molar-refractivity contribution in [3.05, 3.63) is 71.1 Å². The van der Waals surface area contributed by atoms with Gasteiger partial charge in [-0.15, -0.1) is 0 Å². The van der Waals surface area contributed by atoms with E-state index in [0.717, 1.165) is 25.8 Å². The van der Waals surface area contributed by atoms with Gasteiger partial charge in [0.15, 0.2) is 0 Å². The normalized spacial score (nSPS) is 11.1. The second-order valence-electron chi connectivity index (χ2n) is 5.88. The van der Waals surface area contributed by atoms with Crippen molar-refractivity contribution < 1.29 is 0 Å². The Kier molecular flexibility index (Phi) is 4.60. The zero-order valence-corrected chi connectivity index (χ0v) is 14.2. The van der Waals surface area contributed by atoms with E-state index in [1.54, 1.807) is 0 Å². The van der Waals surface area contributed by atoms with Gasteiger partial charge in [-0.25, -0.2) is 4.98 Å². The predicted molar refractivity (Wildman–Crippen MR) is 92.5 cm³/mol. The van der Waals surface area contributed by atoms with Crippen LogP contribution in [0.1, 0.15) is 42.1 Å². The minimum Gasteiger partial charge on any atom is -0.330 e. The lowest BCUT2D eigenvalue weighted by Gasteiger charge is -2.10. The quantitative estimate of drug-likeness (QED) is 0.700. The average Bonchev–Trinajstić information content (AvgIpc) is 3.13. The van der Waals surface area contributed by atoms with Crippen molar-refractivity contribution in [3.63, 3.8) is 0 Å². The van der Waals surface area contributed by atoms with Crippen LogP contribution in [0.15, 0.2) is 42.9 Å². The monoisotopic (exact) mass is 308 g/mol. The lowest BCUT2D eigenvalue weighted by atomic mass is 10.0. The first-order chi connectivity index (χ1) is 11.2. The summed E-state index contributed by atoms with van der Waals surface area (Å²) in [7, 11) is 2.04. The summed E-state index contributed by atoms with van der Waals surface area (Å²) in [5, 5.41) is 4.68. The number of rotatable bonds is 6. The molecule has 0 aliphatic rings. The molecule has 0 N–H and O–H groups in total. The summed E-state index contributed by atoms with van der Waals surface area (Å²) in [6, 6.07) is 10.5. The van der Waals surface area contributed by atoms with Crippen LogP contribution in [0.5, 0.6) is 0 Å². The van der Waals surface area contributed by atoms with Gasteiger partial charge in [-0.1, -0.05) is 44.2 Å². The summed E-state index contributed by atoms with van der Waals surface area (Å²) in [6.45, 7) is 5.23. The van der Waals surface area contributed by atoms with E-state index in [2.05, 4.69) is 58.8 Å². The van der Waals surface area contributed by atoms with Gasteiger partial charge in [0, 0.05) is 43.2 Å². The molecule has 0 aliphatic carbocycles. The number of aromatic nitrogens is 4. The van der Waals surface area contributed by atoms with Gasteiger partial charge in [0.25, 0.3) is 0 Å². The number of aryl methyl sites for hydroxylation is 2. The van der Waals surface area contributed by atoms with E-state index in [4.69, 9.17) is 0 Å². The molecular formula is C19H24N4. The van der Waals surface area contributed by atoms with Crippen molar-refractivity contribution in [2.75, 3.05) is 0 Å². The molecule has 0 fully saturated rings. The van der Waals surface area contributed by atoms with Crippen molar-refractivity contribution in [3.8, 4) is 0 Å². The Bertz CT molecular complexity index is 768. The van der Waals surface area contributed by atoms with Crippen LogP contribution in [-0.4, -0.2) is 19.3 Å². The molecule has 0 bridgehead atoms. The highest BCUT2D eigenvalue weighted by atomic mass is 15.3. The van der Waals surface area contributed by atoms with Gasteiger partial charge < -0.3 is 4.57 Å². The molecule has 0 saturated heterocycles. The molecule has 0 amide bonds. The Morgan fingerprint density at radius 1 is 1.04 bits per heavy atom. The molecule has 3 rings (SSSR count). The maximum atomic E-state index is 4.68. The molecule has 1 aromatic carbocycles. The fourth-order valence-corrected chi connectivity index (χ4v) is 3.19. The molecular weight excluding hydrogens is 284 g/mol. The summed E-state index contributed by atoms with van der Waals surface area (Å²) in [4.78, 5) is 4.37. The fraction of sp³-hybridized carbons (Fsp3) is 0.368. The lowest BCUT2D eigenvalue weighted by molar-refractivity contribution is 0.703. The number of hydrogen-bond acceptors (Lipinski definition) is 2. The molecule has 0 unspecified atom stereocenters. The maximum absolute atomic E-state index is 4.68. The topological polar surface area (TPSA) is 35.6 Å². The Morgan fingerprint density at radius 3 is 2.52 bits per heavy atom. The van der Waals surface area contributed by atoms with E-state index in [-0.39, 0.29) is 0 Å². The highest BCUT2D eigenvalue weighted by Gasteiger charge is 2.15. The van der Waals surface area contributed by atoms with E-state index in [1.807, 2.05) is 24.3 Å². The first kappa shape index (κ1) is 15.5. The summed E-state index contributed by atoms with van der Waals surface area (Å²) in [5.41, 5.74) is 6.44. The van der Waals surface area contributed by atoms with E-state index in [1.165, 1.54) is 28.2 Å². The number of imidazole rings is 1. The Balaban J connectivity index is 1.89. The molecule has 0 radical (unpaired) electrons. The summed E-state index contributed by atoms with van der Waals surface area (Å²) in [5.74, 6) is 0. The minimum atomic E-state index is 0.860. The first-order valence-corrected chi connectivity index (χ1v) is 8.29. The molecule has 23 heavy (non-hydrogen) atoms. The zero-order valence-electron chi connectivity index (χ0n) is 14.2. The number of benzene rings is 1. The number of nitrogens with zero attached hydrogens (tertiary/aromatic N) is 4. The van der Waals surface area contributed by atoms with E-state index < -0.39 is 0 Å². The summed E-state index contributed by atoms with van der Waals surface area (Å²) >= 11 is 0. The zero-order chi connectivity index (χ0) is 16.2. The molecule has 4 nitrogen and oxygen atoms in total. The second kappa shape index (κ2) is 6.82. The second-order valence-corrected chi connectivity index (χ2v) is 5.88. The van der Waals surface area contributed by atoms with Crippen LogP contribution in [0.4, 0.5) is 0 Å². The summed E-state index contributed by atoms with van der Waals surface area (Å²) < 4.78 is 4.27. The molecule has 0 aliphatic heterocycles. The molecule has 0 atom stereocenters. The molecule has 3 aromatic rings. The van der Waals surface area contributed by atoms with Gasteiger partial charge in [-0.2, -0.15) is 5.10 Å². The Hall–Kier alpha value is -2.36. The van der Waals surface area contributed by atoms with E-state index >= 15 is 0 Å². The van der Waals surface area contributed by atoms with Gasteiger partial charge in [0.2, 0.25) is 0 Å². The van der Waals surface area contributed by atoms with Crippen LogP contribution in [0, 0.1) is 0 Å². The summed E-state index contributed by atoms with van der Waals surface area (Å²) in [6.07, 6.45) is 6.78. The molecule has 0 saturated carbocycles. The van der Waals surface area contributed by atoms with Crippen molar-refractivity contribution >= 4 is 0 Å². The van der Waals surface area contributed by atoms with Gasteiger partial charge in [0.1, 0.15) is 0 Å². The molecule has 2 heterocycles. The first-order valence-electron chi connectivity index (χ1n) is 8.29. The van der Waals surface area contributed by atoms with Crippen molar-refractivity contribution in [1.29, 1.82) is 0 Å². The third-order valence-corrected chi connectivity index (χ3v) is 4.38. The molecule has 2 aromatic heterocycles. The lowest BCUT2D eigenvalue weighted by Crippen LogP contribution is -2.06. The fourth-order valence-electron chi connectivity index (χ4n) is 3.19. The molecule has 4 heteroatoms. The van der Waals surface area contributed by atoms with Gasteiger partial charge in [-0.3, -0.25) is 4.68 Å². The Morgan fingerprint density at radius 2 is 1.83 bits per heavy atom. The van der Waals surface area contributed by atoms with Crippen molar-refractivity contribution in [1.82, 2.24) is 19.3 Å². The third kappa shape index (κ3) is 3.21. The van der Waals surface area contributed by atoms with Crippen LogP contribution in [-0.2, 0) is 32.9 Å².